The van der Waals surface area contributed by atoms with Gasteiger partial charge in [-0.25, -0.2) is 18.7 Å². The number of aromatic nitrogens is 3. The number of imidazole rings is 1. The topological polar surface area (TPSA) is 60.2 Å². The summed E-state index contributed by atoms with van der Waals surface area (Å²) < 4.78 is 38.4. The molecule has 0 N–H and O–H groups in total. The average Bonchev–Trinajstić information content (AvgIpc) is 3.45. The van der Waals surface area contributed by atoms with Gasteiger partial charge in [-0.15, -0.1) is 11.3 Å². The Morgan fingerprint density at radius 3 is 2.49 bits per heavy atom. The van der Waals surface area contributed by atoms with Crippen LogP contribution in [0, 0.1) is 24.5 Å². The van der Waals surface area contributed by atoms with E-state index in [0.717, 1.165) is 16.6 Å². The SMILES string of the molecule is Cc1ncc(-c2cc(F)c([C@H]3[C@@H](C)C(=O)N3c3ccc4c(c3)ncn4COCC[Si](C)(C)C)c(F)c2)s1. The maximum absolute atomic E-state index is 15.3. The van der Waals surface area contributed by atoms with Crippen molar-refractivity contribution in [3.05, 3.63) is 65.1 Å². The van der Waals surface area contributed by atoms with Gasteiger partial charge in [0, 0.05) is 32.1 Å². The van der Waals surface area contributed by atoms with Crippen molar-refractivity contribution in [1.82, 2.24) is 14.5 Å². The highest BCUT2D eigenvalue weighted by Crippen LogP contribution is 2.46. The minimum atomic E-state index is -1.17. The normalized spacial score (nSPS) is 18.0. The molecule has 0 bridgehead atoms. The zero-order chi connectivity index (χ0) is 26.5. The van der Waals surface area contributed by atoms with Crippen LogP contribution in [0.1, 0.15) is 23.5 Å². The molecule has 3 heterocycles. The third kappa shape index (κ3) is 4.97. The van der Waals surface area contributed by atoms with E-state index in [1.54, 1.807) is 31.6 Å². The number of fused-ring (bicyclic) bond motifs is 1. The fourth-order valence-corrected chi connectivity index (χ4v) is 6.17. The number of nitrogens with zero attached hydrogens (tertiary/aromatic N) is 4. The van der Waals surface area contributed by atoms with Crippen molar-refractivity contribution in [1.29, 1.82) is 0 Å². The molecule has 1 saturated heterocycles. The summed E-state index contributed by atoms with van der Waals surface area (Å²) in [6, 6.07) is 8.44. The maximum Gasteiger partial charge on any atom is 0.232 e. The summed E-state index contributed by atoms with van der Waals surface area (Å²) in [5.41, 5.74) is 2.46. The smallest absolute Gasteiger partial charge is 0.232 e. The van der Waals surface area contributed by atoms with Gasteiger partial charge in [-0.05, 0) is 48.9 Å². The van der Waals surface area contributed by atoms with Crippen molar-refractivity contribution in [3.63, 3.8) is 0 Å². The van der Waals surface area contributed by atoms with Crippen molar-refractivity contribution >= 4 is 42.0 Å². The fraction of sp³-hybridized carbons (Fsp3) is 0.370. The zero-order valence-electron chi connectivity index (χ0n) is 21.6. The second kappa shape index (κ2) is 9.73. The van der Waals surface area contributed by atoms with Gasteiger partial charge in [0.1, 0.15) is 18.4 Å². The van der Waals surface area contributed by atoms with Gasteiger partial charge >= 0.3 is 0 Å². The molecule has 6 nitrogen and oxygen atoms in total. The quantitative estimate of drug-likeness (QED) is 0.140. The summed E-state index contributed by atoms with van der Waals surface area (Å²) >= 11 is 1.38. The summed E-state index contributed by atoms with van der Waals surface area (Å²) in [7, 11) is -1.17. The number of hydrogen-bond acceptors (Lipinski definition) is 5. The Hall–Kier alpha value is -2.95. The largest absolute Gasteiger partial charge is 0.361 e. The third-order valence-corrected chi connectivity index (χ3v) is 9.43. The Labute approximate surface area is 219 Å². The van der Waals surface area contributed by atoms with Crippen molar-refractivity contribution in [2.45, 2.75) is 52.3 Å². The van der Waals surface area contributed by atoms with E-state index in [9.17, 15) is 4.79 Å². The summed E-state index contributed by atoms with van der Waals surface area (Å²) in [4.78, 5) is 23.7. The lowest BCUT2D eigenvalue weighted by molar-refractivity contribution is -0.129. The number of benzene rings is 2. The zero-order valence-corrected chi connectivity index (χ0v) is 23.4. The van der Waals surface area contributed by atoms with E-state index in [2.05, 4.69) is 29.6 Å². The molecule has 194 valence electrons. The molecule has 10 heteroatoms. The molecule has 5 rings (SSSR count). The second-order valence-corrected chi connectivity index (χ2v) is 17.6. The number of hydrogen-bond donors (Lipinski definition) is 0. The first-order valence-corrected chi connectivity index (χ1v) is 16.8. The van der Waals surface area contributed by atoms with Crippen LogP contribution < -0.4 is 4.90 Å². The van der Waals surface area contributed by atoms with Gasteiger partial charge < -0.3 is 14.2 Å². The van der Waals surface area contributed by atoms with Gasteiger partial charge in [0.15, 0.2) is 0 Å². The third-order valence-electron chi connectivity index (χ3n) is 6.77. The van der Waals surface area contributed by atoms with E-state index in [1.807, 2.05) is 17.6 Å². The average molecular weight is 541 g/mol. The molecular formula is C27H30F2N4O2SSi. The van der Waals surface area contributed by atoms with E-state index >= 15 is 8.78 Å². The van der Waals surface area contributed by atoms with Crippen molar-refractivity contribution < 1.29 is 18.3 Å². The minimum absolute atomic E-state index is 0.0986. The number of halogens is 2. The van der Waals surface area contributed by atoms with Crippen LogP contribution in [0.4, 0.5) is 14.5 Å². The minimum Gasteiger partial charge on any atom is -0.361 e. The van der Waals surface area contributed by atoms with Gasteiger partial charge in [0.05, 0.1) is 39.2 Å². The Balaban J connectivity index is 1.40. The fourth-order valence-electron chi connectivity index (χ4n) is 4.65. The molecular weight excluding hydrogens is 510 g/mol. The van der Waals surface area contributed by atoms with E-state index in [4.69, 9.17) is 4.74 Å². The Bertz CT molecular complexity index is 1460. The molecule has 2 aromatic carbocycles. The number of amides is 1. The molecule has 0 radical (unpaired) electrons. The lowest BCUT2D eigenvalue weighted by Gasteiger charge is -2.46. The molecule has 1 aliphatic heterocycles. The number of rotatable bonds is 8. The number of β-lactam (4-membered cyclic amide) rings is 1. The lowest BCUT2D eigenvalue weighted by Crippen LogP contribution is -2.54. The summed E-state index contributed by atoms with van der Waals surface area (Å²) in [6.45, 7) is 11.6. The number of aryl methyl sites for hydroxylation is 1. The van der Waals surface area contributed by atoms with Crippen LogP contribution in [0.5, 0.6) is 0 Å². The molecule has 37 heavy (non-hydrogen) atoms. The van der Waals surface area contributed by atoms with Gasteiger partial charge in [0.25, 0.3) is 0 Å². The van der Waals surface area contributed by atoms with Gasteiger partial charge in [-0.2, -0.15) is 0 Å². The molecule has 2 aromatic heterocycles. The van der Waals surface area contributed by atoms with Crippen LogP contribution in [-0.4, -0.2) is 35.1 Å². The van der Waals surface area contributed by atoms with Crippen LogP contribution in [0.2, 0.25) is 25.7 Å². The molecule has 0 saturated carbocycles. The number of thiazole rings is 1. The van der Waals surface area contributed by atoms with Crippen molar-refractivity contribution in [3.8, 4) is 10.4 Å². The lowest BCUT2D eigenvalue weighted by atomic mass is 9.82. The first-order chi connectivity index (χ1) is 17.5. The highest BCUT2D eigenvalue weighted by molar-refractivity contribution is 7.15. The predicted molar refractivity (Wildman–Crippen MR) is 145 cm³/mol. The molecule has 1 amide bonds. The second-order valence-electron chi connectivity index (χ2n) is 10.8. The molecule has 0 aliphatic carbocycles. The molecule has 4 aromatic rings. The van der Waals surface area contributed by atoms with Crippen LogP contribution in [0.15, 0.2) is 42.9 Å². The van der Waals surface area contributed by atoms with Crippen molar-refractivity contribution in [2.24, 2.45) is 5.92 Å². The number of carbonyl (C=O) groups excluding carboxylic acids is 1. The number of ether oxygens (including phenoxy) is 1. The Kier molecular flexibility index (Phi) is 6.76. The van der Waals surface area contributed by atoms with E-state index in [0.29, 0.717) is 35.0 Å². The number of anilines is 1. The summed E-state index contributed by atoms with van der Waals surface area (Å²) in [5.74, 6) is -2.07. The van der Waals surface area contributed by atoms with Gasteiger partial charge in [0.2, 0.25) is 5.91 Å². The molecule has 0 spiro atoms. The molecule has 1 aliphatic rings. The van der Waals surface area contributed by atoms with Crippen LogP contribution >= 0.6 is 11.3 Å². The first kappa shape index (κ1) is 25.7. The van der Waals surface area contributed by atoms with Crippen LogP contribution in [0.3, 0.4) is 0 Å². The van der Waals surface area contributed by atoms with Crippen LogP contribution in [-0.2, 0) is 16.3 Å². The number of carbonyl (C=O) groups is 1. The standard InChI is InChI=1S/C27H30F2N4O2SSi/c1-16-26(25-20(28)10-18(11-21(25)29)24-13-30-17(2)36-24)33(27(16)34)19-6-7-23-22(12-19)31-14-32(23)15-35-8-9-37(3,4)5/h6-7,10-14,16,26H,8-9,15H2,1-5H3/t16-,26-/m1/s1. The van der Waals surface area contributed by atoms with Gasteiger partial charge in [-0.1, -0.05) is 26.6 Å². The van der Waals surface area contributed by atoms with Gasteiger partial charge in [-0.3, -0.25) is 4.79 Å². The molecule has 2 atom stereocenters. The highest BCUT2D eigenvalue weighted by atomic mass is 32.1. The summed E-state index contributed by atoms with van der Waals surface area (Å²) in [6.07, 6.45) is 3.32. The molecule has 0 unspecified atom stereocenters. The predicted octanol–water partition coefficient (Wildman–Crippen LogP) is 6.78. The monoisotopic (exact) mass is 540 g/mol. The van der Waals surface area contributed by atoms with E-state index < -0.39 is 31.7 Å². The van der Waals surface area contributed by atoms with Crippen LogP contribution in [0.25, 0.3) is 21.5 Å². The Morgan fingerprint density at radius 1 is 1.11 bits per heavy atom. The maximum atomic E-state index is 15.3. The van der Waals surface area contributed by atoms with Crippen molar-refractivity contribution in [2.75, 3.05) is 11.5 Å². The summed E-state index contributed by atoms with van der Waals surface area (Å²) in [5, 5.41) is 0.820. The highest BCUT2D eigenvalue weighted by Gasteiger charge is 2.48. The molecule has 1 fully saturated rings. The van der Waals surface area contributed by atoms with E-state index in [1.165, 1.54) is 28.4 Å². The first-order valence-electron chi connectivity index (χ1n) is 12.3. The van der Waals surface area contributed by atoms with E-state index in [-0.39, 0.29) is 11.5 Å². The Morgan fingerprint density at radius 2 is 1.84 bits per heavy atom.